The summed E-state index contributed by atoms with van der Waals surface area (Å²) in [6.07, 6.45) is 0. The predicted molar refractivity (Wildman–Crippen MR) is 218 cm³/mol. The zero-order chi connectivity index (χ0) is 34.7. The topological polar surface area (TPSA) is 6.48 Å². The van der Waals surface area contributed by atoms with Crippen LogP contribution in [0.2, 0.25) is 0 Å². The lowest BCUT2D eigenvalue weighted by molar-refractivity contribution is 0.618. The number of para-hydroxylation sites is 4. The Bertz CT molecular complexity index is 2310. The van der Waals surface area contributed by atoms with Gasteiger partial charge in [-0.15, -0.1) is 0 Å². The van der Waals surface area contributed by atoms with Gasteiger partial charge in [0.05, 0.1) is 5.69 Å². The molecule has 0 radical (unpaired) electrons. The van der Waals surface area contributed by atoms with E-state index in [2.05, 4.69) is 213 Å². The normalized spacial score (nSPS) is 13.4. The molecule has 2 heterocycles. The molecule has 0 atom stereocenters. The van der Waals surface area contributed by atoms with Gasteiger partial charge in [0.15, 0.2) is 0 Å². The largest absolute Gasteiger partial charge is 0.311 e. The second-order valence-corrected chi connectivity index (χ2v) is 15.0. The molecular weight excluding hydrogens is 615 g/mol. The lowest BCUT2D eigenvalue weighted by Gasteiger charge is -2.46. The van der Waals surface area contributed by atoms with Gasteiger partial charge < -0.3 is 9.80 Å². The van der Waals surface area contributed by atoms with Crippen LogP contribution in [-0.4, -0.2) is 6.71 Å². The number of benzene rings is 7. The van der Waals surface area contributed by atoms with Crippen molar-refractivity contribution in [3.63, 3.8) is 0 Å². The lowest BCUT2D eigenvalue weighted by Crippen LogP contribution is -2.61. The first-order valence-electron chi connectivity index (χ1n) is 18.1. The Labute approximate surface area is 302 Å². The molecule has 0 unspecified atom stereocenters. The molecule has 0 N–H and O–H groups in total. The molecule has 0 saturated heterocycles. The highest BCUT2D eigenvalue weighted by Crippen LogP contribution is 2.51. The second-order valence-electron chi connectivity index (χ2n) is 15.0. The number of rotatable bonds is 6. The van der Waals surface area contributed by atoms with Crippen LogP contribution in [0.1, 0.15) is 49.9 Å². The van der Waals surface area contributed by atoms with Crippen LogP contribution in [0.25, 0.3) is 0 Å². The molecule has 0 fully saturated rings. The Hall–Kier alpha value is -5.80. The van der Waals surface area contributed by atoms with Crippen molar-refractivity contribution in [2.45, 2.75) is 38.5 Å². The summed E-state index contributed by atoms with van der Waals surface area (Å²) < 4.78 is 0. The molecule has 0 aliphatic carbocycles. The van der Waals surface area contributed by atoms with E-state index in [9.17, 15) is 0 Å². The monoisotopic (exact) mass is 656 g/mol. The molecule has 3 heteroatoms. The van der Waals surface area contributed by atoms with Gasteiger partial charge >= 0.3 is 0 Å². The summed E-state index contributed by atoms with van der Waals surface area (Å²) in [5.41, 5.74) is 16.0. The van der Waals surface area contributed by atoms with Gasteiger partial charge in [-0.25, -0.2) is 0 Å². The Morgan fingerprint density at radius 3 is 1.29 bits per heavy atom. The van der Waals surface area contributed by atoms with Crippen molar-refractivity contribution in [3.05, 3.63) is 198 Å². The molecule has 7 aromatic rings. The third-order valence-corrected chi connectivity index (χ3v) is 11.4. The molecule has 51 heavy (non-hydrogen) atoms. The Morgan fingerprint density at radius 2 is 0.765 bits per heavy atom. The molecule has 9 rings (SSSR count). The first kappa shape index (κ1) is 31.2. The average molecular weight is 657 g/mol. The third kappa shape index (κ3) is 4.79. The lowest BCUT2D eigenvalue weighted by atomic mass is 9.33. The van der Waals surface area contributed by atoms with Crippen molar-refractivity contribution in [2.75, 3.05) is 9.80 Å². The molecule has 0 spiro atoms. The summed E-state index contributed by atoms with van der Waals surface area (Å²) in [5, 5.41) is 0. The van der Waals surface area contributed by atoms with E-state index in [0.29, 0.717) is 0 Å². The molecule has 0 bridgehead atoms. The van der Waals surface area contributed by atoms with Crippen molar-refractivity contribution in [1.29, 1.82) is 0 Å². The van der Waals surface area contributed by atoms with Crippen LogP contribution in [0.3, 0.4) is 0 Å². The Morgan fingerprint density at radius 1 is 0.373 bits per heavy atom. The summed E-state index contributed by atoms with van der Waals surface area (Å²) in [6.45, 7) is 9.62. The van der Waals surface area contributed by atoms with Crippen LogP contribution in [0.15, 0.2) is 176 Å². The SMILES string of the molecule is CC(C)(c1ccccc1)c1cccc(C(C)(C)c2ccccc2)c1N1c2ccccc2B2c3ccccc3N(c3ccccc3)c3cccc1c32. The van der Waals surface area contributed by atoms with Crippen LogP contribution >= 0.6 is 0 Å². The van der Waals surface area contributed by atoms with Gasteiger partial charge in [-0.2, -0.15) is 0 Å². The van der Waals surface area contributed by atoms with Crippen molar-refractivity contribution in [2.24, 2.45) is 0 Å². The highest BCUT2D eigenvalue weighted by Gasteiger charge is 2.45. The summed E-state index contributed by atoms with van der Waals surface area (Å²) in [5.74, 6) is 0. The zero-order valence-corrected chi connectivity index (χ0v) is 29.7. The second kappa shape index (κ2) is 11.9. The predicted octanol–water partition coefficient (Wildman–Crippen LogP) is 10.4. The van der Waals surface area contributed by atoms with Gasteiger partial charge in [0.2, 0.25) is 0 Å². The maximum Gasteiger partial charge on any atom is 0.252 e. The molecule has 246 valence electrons. The zero-order valence-electron chi connectivity index (χ0n) is 29.7. The van der Waals surface area contributed by atoms with Crippen LogP contribution in [0, 0.1) is 0 Å². The van der Waals surface area contributed by atoms with Crippen LogP contribution in [-0.2, 0) is 10.8 Å². The summed E-state index contributed by atoms with van der Waals surface area (Å²) in [6, 6.07) is 64.8. The number of fused-ring (bicyclic) bond motifs is 4. The van der Waals surface area contributed by atoms with Crippen molar-refractivity contribution in [1.82, 2.24) is 0 Å². The van der Waals surface area contributed by atoms with E-state index in [0.717, 1.165) is 0 Å². The maximum absolute atomic E-state index is 2.61. The fourth-order valence-electron chi connectivity index (χ4n) is 8.75. The Kier molecular flexibility index (Phi) is 7.29. The first-order chi connectivity index (χ1) is 24.9. The van der Waals surface area contributed by atoms with E-state index in [-0.39, 0.29) is 17.5 Å². The number of hydrogen-bond acceptors (Lipinski definition) is 2. The van der Waals surface area contributed by atoms with E-state index in [1.165, 1.54) is 72.8 Å². The molecule has 0 saturated carbocycles. The summed E-state index contributed by atoms with van der Waals surface area (Å²) in [4.78, 5) is 5.08. The number of nitrogens with zero attached hydrogens (tertiary/aromatic N) is 2. The molecule has 2 aliphatic heterocycles. The van der Waals surface area contributed by atoms with Crippen molar-refractivity contribution < 1.29 is 0 Å². The minimum absolute atomic E-state index is 0.0969. The summed E-state index contributed by atoms with van der Waals surface area (Å²) in [7, 11) is 0. The number of anilines is 6. The number of hydrogen-bond donors (Lipinski definition) is 0. The molecular formula is C48H41BN2. The van der Waals surface area contributed by atoms with Gasteiger partial charge in [-0.1, -0.05) is 167 Å². The van der Waals surface area contributed by atoms with Gasteiger partial charge in [0.1, 0.15) is 0 Å². The van der Waals surface area contributed by atoms with Crippen molar-refractivity contribution in [3.8, 4) is 0 Å². The van der Waals surface area contributed by atoms with E-state index in [1.54, 1.807) is 0 Å². The standard InChI is InChI=1S/C48H41BN2/c1-47(2,34-20-8-5-9-21-34)37-26-18-27-38(48(3,4)35-22-10-6-11-23-35)46(37)51-42-31-17-15-29-40(42)49-39-28-14-16-30-41(39)50(36-24-12-7-13-25-36)43-32-19-33-44(51)45(43)49/h5-33H,1-4H3. The first-order valence-corrected chi connectivity index (χ1v) is 18.1. The molecule has 7 aromatic carbocycles. The molecule has 0 aromatic heterocycles. The van der Waals surface area contributed by atoms with Gasteiger partial charge in [0.25, 0.3) is 6.71 Å². The van der Waals surface area contributed by atoms with Gasteiger partial charge in [0, 0.05) is 39.3 Å². The molecule has 0 amide bonds. The molecule has 2 nitrogen and oxygen atoms in total. The fraction of sp³-hybridized carbons (Fsp3) is 0.125. The highest BCUT2D eigenvalue weighted by molar-refractivity contribution is 7.00. The minimum atomic E-state index is -0.289. The molecule has 2 aliphatic rings. The van der Waals surface area contributed by atoms with E-state index >= 15 is 0 Å². The van der Waals surface area contributed by atoms with Gasteiger partial charge in [-0.05, 0) is 75.0 Å². The fourth-order valence-corrected chi connectivity index (χ4v) is 8.75. The van der Waals surface area contributed by atoms with Crippen LogP contribution in [0.5, 0.6) is 0 Å². The van der Waals surface area contributed by atoms with Gasteiger partial charge in [-0.3, -0.25) is 0 Å². The average Bonchev–Trinajstić information content (AvgIpc) is 3.18. The quantitative estimate of drug-likeness (QED) is 0.164. The van der Waals surface area contributed by atoms with Crippen LogP contribution < -0.4 is 26.2 Å². The minimum Gasteiger partial charge on any atom is -0.311 e. The highest BCUT2D eigenvalue weighted by atomic mass is 15.2. The van der Waals surface area contributed by atoms with E-state index in [4.69, 9.17) is 0 Å². The third-order valence-electron chi connectivity index (χ3n) is 11.4. The summed E-state index contributed by atoms with van der Waals surface area (Å²) >= 11 is 0. The van der Waals surface area contributed by atoms with Crippen molar-refractivity contribution >= 4 is 57.2 Å². The smallest absolute Gasteiger partial charge is 0.252 e. The Balaban J connectivity index is 1.39. The van der Waals surface area contributed by atoms with E-state index < -0.39 is 0 Å². The van der Waals surface area contributed by atoms with E-state index in [1.807, 2.05) is 0 Å². The maximum atomic E-state index is 2.61. The van der Waals surface area contributed by atoms with Crippen LogP contribution in [0.4, 0.5) is 34.1 Å².